The summed E-state index contributed by atoms with van der Waals surface area (Å²) >= 11 is 6.03. The summed E-state index contributed by atoms with van der Waals surface area (Å²) in [5.74, 6) is 0.735. The monoisotopic (exact) mass is 308 g/mol. The molecule has 2 heterocycles. The average molecular weight is 309 g/mol. The zero-order valence-corrected chi connectivity index (χ0v) is 11.9. The Hall–Kier alpha value is -1.08. The second kappa shape index (κ2) is 6.13. The molecule has 0 spiro atoms. The van der Waals surface area contributed by atoms with Crippen LogP contribution in [0.1, 0.15) is 12.5 Å². The largest absolute Gasteiger partial charge is 0.401 e. The SMILES string of the molecule is CCc1c(Cl)ncnc1N1CCN(CC(F)(F)F)CC1. The molecule has 0 aliphatic carbocycles. The van der Waals surface area contributed by atoms with Crippen LogP contribution < -0.4 is 4.90 Å². The van der Waals surface area contributed by atoms with Crippen LogP contribution in [0.5, 0.6) is 0 Å². The van der Waals surface area contributed by atoms with Gasteiger partial charge in [0.25, 0.3) is 0 Å². The Bertz CT molecular complexity index is 459. The summed E-state index contributed by atoms with van der Waals surface area (Å²) in [7, 11) is 0. The van der Waals surface area contributed by atoms with Gasteiger partial charge in [-0.1, -0.05) is 18.5 Å². The van der Waals surface area contributed by atoms with Crippen molar-refractivity contribution in [3.05, 3.63) is 17.0 Å². The summed E-state index contributed by atoms with van der Waals surface area (Å²) in [6.45, 7) is 2.85. The van der Waals surface area contributed by atoms with Crippen molar-refractivity contribution in [2.75, 3.05) is 37.6 Å². The van der Waals surface area contributed by atoms with Gasteiger partial charge in [-0.05, 0) is 6.42 Å². The minimum atomic E-state index is -4.14. The first-order valence-electron chi connectivity index (χ1n) is 6.44. The van der Waals surface area contributed by atoms with Crippen molar-refractivity contribution >= 4 is 17.4 Å². The van der Waals surface area contributed by atoms with Crippen LogP contribution in [0.2, 0.25) is 5.15 Å². The quantitative estimate of drug-likeness (QED) is 0.803. The van der Waals surface area contributed by atoms with Gasteiger partial charge in [-0.3, -0.25) is 4.90 Å². The third kappa shape index (κ3) is 3.73. The molecule has 1 saturated heterocycles. The lowest BCUT2D eigenvalue weighted by molar-refractivity contribution is -0.146. The fourth-order valence-corrected chi connectivity index (χ4v) is 2.59. The minimum absolute atomic E-state index is 0.365. The first-order chi connectivity index (χ1) is 9.40. The molecule has 1 aliphatic rings. The summed E-state index contributed by atoms with van der Waals surface area (Å²) in [5.41, 5.74) is 0.846. The highest BCUT2D eigenvalue weighted by Crippen LogP contribution is 2.25. The van der Waals surface area contributed by atoms with Crippen molar-refractivity contribution in [1.29, 1.82) is 0 Å². The van der Waals surface area contributed by atoms with Gasteiger partial charge in [-0.2, -0.15) is 13.2 Å². The number of rotatable bonds is 3. The summed E-state index contributed by atoms with van der Waals surface area (Å²) in [4.78, 5) is 11.5. The van der Waals surface area contributed by atoms with Crippen LogP contribution >= 0.6 is 11.6 Å². The van der Waals surface area contributed by atoms with Gasteiger partial charge in [0.2, 0.25) is 0 Å². The number of nitrogens with zero attached hydrogens (tertiary/aromatic N) is 4. The van der Waals surface area contributed by atoms with Gasteiger partial charge >= 0.3 is 6.18 Å². The van der Waals surface area contributed by atoms with Crippen LogP contribution in [0.4, 0.5) is 19.0 Å². The highest BCUT2D eigenvalue weighted by Gasteiger charge is 2.32. The number of alkyl halides is 3. The summed E-state index contributed by atoms with van der Waals surface area (Å²) in [6.07, 6.45) is -2.06. The van der Waals surface area contributed by atoms with Crippen LogP contribution in [0.25, 0.3) is 0 Å². The molecule has 1 aliphatic heterocycles. The Kier molecular flexibility index (Phi) is 4.70. The highest BCUT2D eigenvalue weighted by molar-refractivity contribution is 6.30. The van der Waals surface area contributed by atoms with Crippen LogP contribution in [0, 0.1) is 0 Å². The van der Waals surface area contributed by atoms with Crippen molar-refractivity contribution in [3.8, 4) is 0 Å². The Morgan fingerprint density at radius 1 is 1.20 bits per heavy atom. The van der Waals surface area contributed by atoms with E-state index in [4.69, 9.17) is 11.6 Å². The summed E-state index contributed by atoms with van der Waals surface area (Å²) in [6, 6.07) is 0. The van der Waals surface area contributed by atoms with Crippen LogP contribution in [0.15, 0.2) is 6.33 Å². The molecule has 4 nitrogen and oxygen atoms in total. The van der Waals surface area contributed by atoms with Gasteiger partial charge in [0, 0.05) is 31.7 Å². The number of piperazine rings is 1. The van der Waals surface area contributed by atoms with Crippen molar-refractivity contribution in [2.45, 2.75) is 19.5 Å². The van der Waals surface area contributed by atoms with Crippen molar-refractivity contribution in [1.82, 2.24) is 14.9 Å². The molecule has 112 valence electrons. The average Bonchev–Trinajstić information content (AvgIpc) is 2.37. The Morgan fingerprint density at radius 3 is 2.40 bits per heavy atom. The molecular weight excluding hydrogens is 293 g/mol. The molecule has 1 fully saturated rings. The second-order valence-electron chi connectivity index (χ2n) is 4.70. The molecule has 0 N–H and O–H groups in total. The Balaban J connectivity index is 2.02. The molecular formula is C12H16ClF3N4. The van der Waals surface area contributed by atoms with Gasteiger partial charge in [0.05, 0.1) is 6.54 Å². The maximum absolute atomic E-state index is 12.3. The van der Waals surface area contributed by atoms with E-state index in [1.807, 2.05) is 11.8 Å². The topological polar surface area (TPSA) is 32.3 Å². The Labute approximate surface area is 120 Å². The van der Waals surface area contributed by atoms with E-state index < -0.39 is 12.7 Å². The van der Waals surface area contributed by atoms with Crippen molar-refractivity contribution in [3.63, 3.8) is 0 Å². The van der Waals surface area contributed by atoms with Gasteiger partial charge in [0.1, 0.15) is 17.3 Å². The first kappa shape index (κ1) is 15.3. The van der Waals surface area contributed by atoms with E-state index >= 15 is 0 Å². The zero-order valence-electron chi connectivity index (χ0n) is 11.1. The lowest BCUT2D eigenvalue weighted by Crippen LogP contribution is -2.49. The van der Waals surface area contributed by atoms with Gasteiger partial charge in [-0.25, -0.2) is 9.97 Å². The summed E-state index contributed by atoms with van der Waals surface area (Å²) < 4.78 is 37.0. The maximum atomic E-state index is 12.3. The molecule has 20 heavy (non-hydrogen) atoms. The standard InChI is InChI=1S/C12H16ClF3N4/c1-2-9-10(13)17-8-18-11(9)20-5-3-19(4-6-20)7-12(14,15)16/h8H,2-7H2,1H3. The molecule has 0 radical (unpaired) electrons. The molecule has 0 amide bonds. The normalized spacial score (nSPS) is 17.6. The molecule has 0 unspecified atom stereocenters. The highest BCUT2D eigenvalue weighted by atomic mass is 35.5. The zero-order chi connectivity index (χ0) is 14.8. The minimum Gasteiger partial charge on any atom is -0.354 e. The molecule has 1 aromatic rings. The number of anilines is 1. The molecule has 0 saturated carbocycles. The molecule has 0 atom stereocenters. The predicted octanol–water partition coefficient (Wildman–Crippen LogP) is 2.38. The van der Waals surface area contributed by atoms with Crippen LogP contribution in [-0.4, -0.2) is 53.8 Å². The third-order valence-corrected chi connectivity index (χ3v) is 3.62. The van der Waals surface area contributed by atoms with E-state index in [0.29, 0.717) is 37.8 Å². The van der Waals surface area contributed by atoms with Gasteiger partial charge in [-0.15, -0.1) is 0 Å². The fourth-order valence-electron chi connectivity index (χ4n) is 2.33. The molecule has 8 heteroatoms. The number of hydrogen-bond donors (Lipinski definition) is 0. The fraction of sp³-hybridized carbons (Fsp3) is 0.667. The van der Waals surface area contributed by atoms with E-state index in [1.165, 1.54) is 11.2 Å². The third-order valence-electron chi connectivity index (χ3n) is 3.30. The van der Waals surface area contributed by atoms with Crippen LogP contribution in [0.3, 0.4) is 0 Å². The number of aromatic nitrogens is 2. The lowest BCUT2D eigenvalue weighted by atomic mass is 10.2. The lowest BCUT2D eigenvalue weighted by Gasteiger charge is -2.36. The molecule has 2 rings (SSSR count). The smallest absolute Gasteiger partial charge is 0.354 e. The van der Waals surface area contributed by atoms with E-state index in [9.17, 15) is 13.2 Å². The number of hydrogen-bond acceptors (Lipinski definition) is 4. The second-order valence-corrected chi connectivity index (χ2v) is 5.06. The van der Waals surface area contributed by atoms with E-state index in [0.717, 1.165) is 11.4 Å². The van der Waals surface area contributed by atoms with E-state index in [2.05, 4.69) is 9.97 Å². The first-order valence-corrected chi connectivity index (χ1v) is 6.82. The summed E-state index contributed by atoms with van der Waals surface area (Å²) in [5, 5.41) is 0.412. The van der Waals surface area contributed by atoms with Crippen LogP contribution in [-0.2, 0) is 6.42 Å². The van der Waals surface area contributed by atoms with Gasteiger partial charge < -0.3 is 4.90 Å². The maximum Gasteiger partial charge on any atom is 0.401 e. The van der Waals surface area contributed by atoms with Gasteiger partial charge in [0.15, 0.2) is 0 Å². The molecule has 1 aromatic heterocycles. The van der Waals surface area contributed by atoms with E-state index in [-0.39, 0.29) is 0 Å². The van der Waals surface area contributed by atoms with E-state index in [1.54, 1.807) is 0 Å². The van der Waals surface area contributed by atoms with Crippen molar-refractivity contribution in [2.24, 2.45) is 0 Å². The molecule has 0 aromatic carbocycles. The van der Waals surface area contributed by atoms with Crippen molar-refractivity contribution < 1.29 is 13.2 Å². The predicted molar refractivity (Wildman–Crippen MR) is 71.1 cm³/mol. The molecule has 0 bridgehead atoms. The number of halogens is 4. The Morgan fingerprint density at radius 2 is 1.85 bits per heavy atom.